The number of amides is 1. The molecule has 3 aromatic carbocycles. The Morgan fingerprint density at radius 1 is 0.946 bits per heavy atom. The van der Waals surface area contributed by atoms with E-state index >= 15 is 0 Å². The SMILES string of the molecule is Cc1cccc(C)c1CS(=O)(=O)c1ccc2c(c1)NC(=O)C(=Cc1ccc(N3CCN(C)CC3)cc1)S2. The number of likely N-dealkylation sites (N-methyl/N-ethyl adjacent to an activating group) is 1. The first-order chi connectivity index (χ1) is 17.7. The standard InChI is InChI=1S/C29H31N3O3S2/c1-20-5-4-6-21(2)25(20)19-37(34,35)24-11-12-27-26(18-24)30-29(33)28(36-27)17-22-7-9-23(10-8-22)32-15-13-31(3)14-16-32/h4-12,17-18H,13-16,19H2,1-3H3,(H,30,33). The number of piperazine rings is 1. The van der Waals surface area contributed by atoms with Crippen molar-refractivity contribution in [2.24, 2.45) is 0 Å². The molecule has 1 saturated heterocycles. The molecular formula is C29H31N3O3S2. The zero-order chi connectivity index (χ0) is 26.2. The van der Waals surface area contributed by atoms with Crippen molar-refractivity contribution in [2.75, 3.05) is 43.4 Å². The number of sulfone groups is 1. The van der Waals surface area contributed by atoms with Crippen LogP contribution in [0.2, 0.25) is 0 Å². The lowest BCUT2D eigenvalue weighted by atomic mass is 10.1. The van der Waals surface area contributed by atoms with Crippen molar-refractivity contribution in [1.82, 2.24) is 4.90 Å². The van der Waals surface area contributed by atoms with Gasteiger partial charge in [-0.1, -0.05) is 42.1 Å². The molecule has 0 unspecified atom stereocenters. The van der Waals surface area contributed by atoms with Crippen LogP contribution in [0.15, 0.2) is 75.4 Å². The van der Waals surface area contributed by atoms with Crippen molar-refractivity contribution in [1.29, 1.82) is 0 Å². The van der Waals surface area contributed by atoms with E-state index in [1.165, 1.54) is 17.4 Å². The van der Waals surface area contributed by atoms with Gasteiger partial charge in [0.2, 0.25) is 0 Å². The minimum Gasteiger partial charge on any atom is -0.369 e. The molecule has 5 rings (SSSR count). The van der Waals surface area contributed by atoms with E-state index in [-0.39, 0.29) is 16.6 Å². The maximum absolute atomic E-state index is 13.2. The number of nitrogens with one attached hydrogen (secondary N) is 1. The van der Waals surface area contributed by atoms with Gasteiger partial charge in [0.1, 0.15) is 0 Å². The predicted octanol–water partition coefficient (Wildman–Crippen LogP) is 5.11. The maximum Gasteiger partial charge on any atom is 0.262 e. The third-order valence-electron chi connectivity index (χ3n) is 7.04. The lowest BCUT2D eigenvalue weighted by Gasteiger charge is -2.34. The van der Waals surface area contributed by atoms with Crippen molar-refractivity contribution >= 4 is 45.0 Å². The van der Waals surface area contributed by atoms with Crippen LogP contribution < -0.4 is 10.2 Å². The third kappa shape index (κ3) is 5.61. The first kappa shape index (κ1) is 25.6. The second-order valence-corrected chi connectivity index (χ2v) is 12.8. The van der Waals surface area contributed by atoms with E-state index in [1.54, 1.807) is 18.2 Å². The van der Waals surface area contributed by atoms with E-state index in [0.29, 0.717) is 10.6 Å². The first-order valence-corrected chi connectivity index (χ1v) is 14.8. The lowest BCUT2D eigenvalue weighted by molar-refractivity contribution is -0.112. The van der Waals surface area contributed by atoms with Crippen LogP contribution in [0.5, 0.6) is 0 Å². The molecule has 0 aromatic heterocycles. The Bertz CT molecular complexity index is 1450. The topological polar surface area (TPSA) is 69.7 Å². The van der Waals surface area contributed by atoms with E-state index < -0.39 is 9.84 Å². The van der Waals surface area contributed by atoms with Gasteiger partial charge in [-0.3, -0.25) is 4.79 Å². The number of nitrogens with zero attached hydrogens (tertiary/aromatic N) is 2. The van der Waals surface area contributed by atoms with E-state index in [0.717, 1.165) is 53.3 Å². The van der Waals surface area contributed by atoms with E-state index in [2.05, 4.69) is 34.3 Å². The van der Waals surface area contributed by atoms with Crippen LogP contribution in [0.4, 0.5) is 11.4 Å². The Kier molecular flexibility index (Phi) is 7.16. The Labute approximate surface area is 223 Å². The minimum atomic E-state index is -3.57. The van der Waals surface area contributed by atoms with Crippen LogP contribution in [-0.2, 0) is 20.4 Å². The van der Waals surface area contributed by atoms with Gasteiger partial charge in [-0.15, -0.1) is 0 Å². The Morgan fingerprint density at radius 3 is 2.30 bits per heavy atom. The predicted molar refractivity (Wildman–Crippen MR) is 152 cm³/mol. The summed E-state index contributed by atoms with van der Waals surface area (Å²) in [7, 11) is -1.43. The van der Waals surface area contributed by atoms with Gasteiger partial charge in [0.15, 0.2) is 9.84 Å². The molecular weight excluding hydrogens is 502 g/mol. The van der Waals surface area contributed by atoms with E-state index in [1.807, 2.05) is 50.3 Å². The molecule has 37 heavy (non-hydrogen) atoms. The molecule has 8 heteroatoms. The summed E-state index contributed by atoms with van der Waals surface area (Å²) in [4.78, 5) is 19.2. The van der Waals surface area contributed by atoms with Crippen LogP contribution in [0, 0.1) is 13.8 Å². The molecule has 2 aliphatic rings. The van der Waals surface area contributed by atoms with E-state index in [4.69, 9.17) is 0 Å². The highest BCUT2D eigenvalue weighted by Crippen LogP contribution is 2.40. The Morgan fingerprint density at radius 2 is 1.62 bits per heavy atom. The fourth-order valence-electron chi connectivity index (χ4n) is 4.68. The molecule has 3 aromatic rings. The monoisotopic (exact) mass is 533 g/mol. The van der Waals surface area contributed by atoms with Gasteiger partial charge >= 0.3 is 0 Å². The van der Waals surface area contributed by atoms with Gasteiger partial charge in [-0.25, -0.2) is 8.42 Å². The summed E-state index contributed by atoms with van der Waals surface area (Å²) in [5.74, 6) is -0.300. The molecule has 192 valence electrons. The van der Waals surface area contributed by atoms with Gasteiger partial charge < -0.3 is 15.1 Å². The number of fused-ring (bicyclic) bond motifs is 1. The summed E-state index contributed by atoms with van der Waals surface area (Å²) in [6.45, 7) is 7.97. The van der Waals surface area contributed by atoms with Crippen LogP contribution in [-0.4, -0.2) is 52.5 Å². The number of hydrogen-bond acceptors (Lipinski definition) is 6. The summed E-state index contributed by atoms with van der Waals surface area (Å²) < 4.78 is 26.4. The quantitative estimate of drug-likeness (QED) is 0.460. The molecule has 1 amide bonds. The molecule has 0 aliphatic carbocycles. The van der Waals surface area contributed by atoms with Crippen LogP contribution in [0.1, 0.15) is 22.3 Å². The van der Waals surface area contributed by atoms with Gasteiger partial charge in [-0.05, 0) is 79.6 Å². The molecule has 0 atom stereocenters. The summed E-state index contributed by atoms with van der Waals surface area (Å²) in [6.07, 6.45) is 1.88. The fraction of sp³-hybridized carbons (Fsp3) is 0.276. The number of carbonyl (C=O) groups excluding carboxylic acids is 1. The molecule has 0 bridgehead atoms. The van der Waals surface area contributed by atoms with Crippen molar-refractivity contribution < 1.29 is 13.2 Å². The van der Waals surface area contributed by atoms with Crippen molar-refractivity contribution in [3.63, 3.8) is 0 Å². The second-order valence-electron chi connectivity index (χ2n) is 9.73. The number of hydrogen-bond donors (Lipinski definition) is 1. The van der Waals surface area contributed by atoms with Crippen molar-refractivity contribution in [2.45, 2.75) is 29.4 Å². The molecule has 6 nitrogen and oxygen atoms in total. The van der Waals surface area contributed by atoms with Gasteiger partial charge in [0.05, 0.1) is 21.2 Å². The first-order valence-electron chi connectivity index (χ1n) is 12.4. The third-order valence-corrected chi connectivity index (χ3v) is 9.78. The number of aryl methyl sites for hydroxylation is 2. The fourth-order valence-corrected chi connectivity index (χ4v) is 7.19. The average molecular weight is 534 g/mol. The average Bonchev–Trinajstić information content (AvgIpc) is 2.87. The molecule has 1 fully saturated rings. The maximum atomic E-state index is 13.2. The largest absolute Gasteiger partial charge is 0.369 e. The Balaban J connectivity index is 1.33. The van der Waals surface area contributed by atoms with Gasteiger partial charge in [0.25, 0.3) is 5.91 Å². The molecule has 2 heterocycles. The zero-order valence-electron chi connectivity index (χ0n) is 21.3. The van der Waals surface area contributed by atoms with Crippen LogP contribution in [0.3, 0.4) is 0 Å². The molecule has 2 aliphatic heterocycles. The molecule has 0 spiro atoms. The number of benzene rings is 3. The molecule has 0 radical (unpaired) electrons. The lowest BCUT2D eigenvalue weighted by Crippen LogP contribution is -2.44. The van der Waals surface area contributed by atoms with Gasteiger partial charge in [-0.2, -0.15) is 0 Å². The molecule has 1 N–H and O–H groups in total. The summed E-state index contributed by atoms with van der Waals surface area (Å²) in [5.41, 5.74) is 5.40. The smallest absolute Gasteiger partial charge is 0.262 e. The summed E-state index contributed by atoms with van der Waals surface area (Å²) in [5, 5.41) is 2.89. The second kappa shape index (κ2) is 10.4. The number of thioether (sulfide) groups is 1. The number of rotatable bonds is 5. The number of anilines is 2. The van der Waals surface area contributed by atoms with Crippen molar-refractivity contribution in [3.05, 3.63) is 87.8 Å². The van der Waals surface area contributed by atoms with Crippen LogP contribution in [0.25, 0.3) is 6.08 Å². The van der Waals surface area contributed by atoms with E-state index in [9.17, 15) is 13.2 Å². The highest BCUT2D eigenvalue weighted by Gasteiger charge is 2.25. The van der Waals surface area contributed by atoms with Crippen molar-refractivity contribution in [3.8, 4) is 0 Å². The zero-order valence-corrected chi connectivity index (χ0v) is 23.0. The van der Waals surface area contributed by atoms with Gasteiger partial charge in [0, 0.05) is 36.8 Å². The summed E-state index contributed by atoms with van der Waals surface area (Å²) >= 11 is 1.36. The highest BCUT2D eigenvalue weighted by molar-refractivity contribution is 8.04. The normalized spacial score (nSPS) is 17.5. The minimum absolute atomic E-state index is 0.0688. The summed E-state index contributed by atoms with van der Waals surface area (Å²) in [6, 6.07) is 19.0. The number of carbonyl (C=O) groups is 1. The Hall–Kier alpha value is -3.07. The highest BCUT2D eigenvalue weighted by atomic mass is 32.2. The molecule has 0 saturated carbocycles. The van der Waals surface area contributed by atoms with Crippen LogP contribution >= 0.6 is 11.8 Å².